The van der Waals surface area contributed by atoms with Crippen LogP contribution in [0.3, 0.4) is 0 Å². The number of amides is 2. The zero-order chi connectivity index (χ0) is 20.6. The number of rotatable bonds is 5. The average molecular weight is 430 g/mol. The Morgan fingerprint density at radius 3 is 2.72 bits per heavy atom. The second-order valence-electron chi connectivity index (χ2n) is 7.07. The van der Waals surface area contributed by atoms with Gasteiger partial charge >= 0.3 is 0 Å². The molecular formula is C20H19N3O4S2. The molecule has 1 fully saturated rings. The maximum Gasteiger partial charge on any atom is 0.231 e. The minimum atomic E-state index is -3.31. The van der Waals surface area contributed by atoms with Crippen molar-refractivity contribution >= 4 is 48.3 Å². The summed E-state index contributed by atoms with van der Waals surface area (Å²) in [6.07, 6.45) is 1.32. The topological polar surface area (TPSA) is 96.4 Å². The van der Waals surface area contributed by atoms with Gasteiger partial charge in [-0.2, -0.15) is 0 Å². The number of benzene rings is 2. The molecule has 0 bridgehead atoms. The maximum atomic E-state index is 12.6. The largest absolute Gasteiger partial charge is 0.338 e. The van der Waals surface area contributed by atoms with Crippen LogP contribution >= 0.6 is 11.3 Å². The van der Waals surface area contributed by atoms with Gasteiger partial charge in [0.2, 0.25) is 11.8 Å². The van der Waals surface area contributed by atoms with E-state index in [2.05, 4.69) is 10.3 Å². The minimum Gasteiger partial charge on any atom is -0.338 e. The van der Waals surface area contributed by atoms with Gasteiger partial charge in [-0.15, -0.1) is 0 Å². The lowest BCUT2D eigenvalue weighted by molar-refractivity contribution is -0.128. The maximum absolute atomic E-state index is 12.6. The molecule has 29 heavy (non-hydrogen) atoms. The minimum absolute atomic E-state index is 0.0453. The molecule has 2 aromatic carbocycles. The normalized spacial score (nSPS) is 17.1. The van der Waals surface area contributed by atoms with Gasteiger partial charge in [0.15, 0.2) is 15.0 Å². The first kappa shape index (κ1) is 19.5. The number of likely N-dealkylation sites (tertiary alicyclic amines) is 1. The average Bonchev–Trinajstić information content (AvgIpc) is 3.24. The number of hydrogen-bond donors (Lipinski definition) is 1. The second kappa shape index (κ2) is 7.57. The zero-order valence-electron chi connectivity index (χ0n) is 15.7. The molecular weight excluding hydrogens is 410 g/mol. The molecule has 1 unspecified atom stereocenters. The Labute approximate surface area is 172 Å². The number of sulfone groups is 1. The van der Waals surface area contributed by atoms with Crippen LogP contribution in [0.25, 0.3) is 10.2 Å². The van der Waals surface area contributed by atoms with Gasteiger partial charge in [0.05, 0.1) is 21.0 Å². The van der Waals surface area contributed by atoms with E-state index in [9.17, 15) is 18.0 Å². The van der Waals surface area contributed by atoms with Gasteiger partial charge in [-0.25, -0.2) is 13.4 Å². The Morgan fingerprint density at radius 2 is 2.00 bits per heavy atom. The summed E-state index contributed by atoms with van der Waals surface area (Å²) >= 11 is 1.21. The number of fused-ring (bicyclic) bond motifs is 1. The number of nitrogens with one attached hydrogen (secondary N) is 1. The molecule has 2 heterocycles. The quantitative estimate of drug-likeness (QED) is 0.673. The SMILES string of the molecule is CS(=O)(=O)c1ccc2nc(NC(=O)C3CC(=O)N(Cc4ccccc4)C3)sc2c1. The molecule has 3 aromatic rings. The summed E-state index contributed by atoms with van der Waals surface area (Å²) in [6.45, 7) is 0.849. The third-order valence-electron chi connectivity index (χ3n) is 4.82. The van der Waals surface area contributed by atoms with Crippen molar-refractivity contribution in [3.05, 3.63) is 54.1 Å². The van der Waals surface area contributed by atoms with Crippen molar-refractivity contribution in [3.63, 3.8) is 0 Å². The molecule has 9 heteroatoms. The number of carbonyl (C=O) groups excluding carboxylic acids is 2. The molecule has 2 amide bonds. The van der Waals surface area contributed by atoms with Gasteiger partial charge in [0.1, 0.15) is 0 Å². The van der Waals surface area contributed by atoms with Crippen LogP contribution in [0.1, 0.15) is 12.0 Å². The Hall–Kier alpha value is -2.78. The van der Waals surface area contributed by atoms with Gasteiger partial charge in [-0.05, 0) is 23.8 Å². The molecule has 0 radical (unpaired) electrons. The molecule has 150 valence electrons. The van der Waals surface area contributed by atoms with Crippen LogP contribution in [0.2, 0.25) is 0 Å². The zero-order valence-corrected chi connectivity index (χ0v) is 17.3. The second-order valence-corrected chi connectivity index (χ2v) is 10.1. The summed E-state index contributed by atoms with van der Waals surface area (Å²) in [5, 5.41) is 3.17. The molecule has 1 atom stereocenters. The summed E-state index contributed by atoms with van der Waals surface area (Å²) in [5.41, 5.74) is 1.64. The fourth-order valence-electron chi connectivity index (χ4n) is 3.30. The van der Waals surface area contributed by atoms with E-state index in [1.54, 1.807) is 17.0 Å². The van der Waals surface area contributed by atoms with Gasteiger partial charge in [0.25, 0.3) is 0 Å². The van der Waals surface area contributed by atoms with Crippen LogP contribution < -0.4 is 5.32 Å². The fourth-order valence-corrected chi connectivity index (χ4v) is 4.93. The smallest absolute Gasteiger partial charge is 0.231 e. The highest BCUT2D eigenvalue weighted by Gasteiger charge is 2.34. The van der Waals surface area contributed by atoms with E-state index in [1.807, 2.05) is 30.3 Å². The van der Waals surface area contributed by atoms with Crippen molar-refractivity contribution < 1.29 is 18.0 Å². The van der Waals surface area contributed by atoms with Crippen LogP contribution in [-0.2, 0) is 26.0 Å². The number of hydrogen-bond acceptors (Lipinski definition) is 6. The third-order valence-corrected chi connectivity index (χ3v) is 6.86. The summed E-state index contributed by atoms with van der Waals surface area (Å²) in [5.74, 6) is -0.739. The van der Waals surface area contributed by atoms with Crippen molar-refractivity contribution in [1.29, 1.82) is 0 Å². The van der Waals surface area contributed by atoms with E-state index in [4.69, 9.17) is 0 Å². The predicted molar refractivity (Wildman–Crippen MR) is 111 cm³/mol. The first-order chi connectivity index (χ1) is 13.8. The lowest BCUT2D eigenvalue weighted by Gasteiger charge is -2.16. The molecule has 1 N–H and O–H groups in total. The van der Waals surface area contributed by atoms with E-state index in [0.717, 1.165) is 11.8 Å². The van der Waals surface area contributed by atoms with Crippen LogP contribution in [0, 0.1) is 5.92 Å². The monoisotopic (exact) mass is 429 g/mol. The van der Waals surface area contributed by atoms with Crippen molar-refractivity contribution in [2.75, 3.05) is 18.1 Å². The van der Waals surface area contributed by atoms with Crippen LogP contribution in [-0.4, -0.2) is 42.9 Å². The van der Waals surface area contributed by atoms with Crippen molar-refractivity contribution in [1.82, 2.24) is 9.88 Å². The summed E-state index contributed by atoms with van der Waals surface area (Å²) in [4.78, 5) is 31.2. The Kier molecular flexibility index (Phi) is 5.10. The van der Waals surface area contributed by atoms with Gasteiger partial charge in [-0.3, -0.25) is 9.59 Å². The highest BCUT2D eigenvalue weighted by Crippen LogP contribution is 2.29. The van der Waals surface area contributed by atoms with E-state index in [0.29, 0.717) is 28.4 Å². The standard InChI is InChI=1S/C20H19N3O4S2/c1-29(26,27)15-7-8-16-17(10-15)28-20(21-16)22-19(25)14-9-18(24)23(12-14)11-13-5-3-2-4-6-13/h2-8,10,14H,9,11-12H2,1H3,(H,21,22,25). The molecule has 7 nitrogen and oxygen atoms in total. The summed E-state index contributed by atoms with van der Waals surface area (Å²) < 4.78 is 24.1. The molecule has 1 aromatic heterocycles. The third kappa shape index (κ3) is 4.30. The van der Waals surface area contributed by atoms with Crippen molar-refractivity contribution in [2.24, 2.45) is 5.92 Å². The van der Waals surface area contributed by atoms with Crippen LogP contribution in [0.15, 0.2) is 53.4 Å². The van der Waals surface area contributed by atoms with Crippen LogP contribution in [0.5, 0.6) is 0 Å². The van der Waals surface area contributed by atoms with Crippen molar-refractivity contribution in [3.8, 4) is 0 Å². The first-order valence-electron chi connectivity index (χ1n) is 9.03. The van der Waals surface area contributed by atoms with E-state index in [-0.39, 0.29) is 23.1 Å². The van der Waals surface area contributed by atoms with Gasteiger partial charge in [-0.1, -0.05) is 41.7 Å². The van der Waals surface area contributed by atoms with Gasteiger partial charge < -0.3 is 10.2 Å². The first-order valence-corrected chi connectivity index (χ1v) is 11.7. The molecule has 1 saturated heterocycles. The van der Waals surface area contributed by atoms with Crippen molar-refractivity contribution in [2.45, 2.75) is 17.9 Å². The van der Waals surface area contributed by atoms with E-state index >= 15 is 0 Å². The number of carbonyl (C=O) groups is 2. The Balaban J connectivity index is 1.44. The highest BCUT2D eigenvalue weighted by atomic mass is 32.2. The molecule has 1 aliphatic heterocycles. The van der Waals surface area contributed by atoms with E-state index in [1.165, 1.54) is 17.4 Å². The molecule has 1 aliphatic rings. The summed E-state index contributed by atoms with van der Waals surface area (Å²) in [7, 11) is -3.31. The number of aromatic nitrogens is 1. The van der Waals surface area contributed by atoms with Gasteiger partial charge in [0, 0.05) is 25.8 Å². The lowest BCUT2D eigenvalue weighted by Crippen LogP contribution is -2.28. The fraction of sp³-hybridized carbons (Fsp3) is 0.250. The number of nitrogens with zero attached hydrogens (tertiary/aromatic N) is 2. The molecule has 0 saturated carbocycles. The summed E-state index contributed by atoms with van der Waals surface area (Å²) in [6, 6.07) is 14.3. The number of anilines is 1. The Bertz CT molecular complexity index is 1190. The predicted octanol–water partition coefficient (Wildman–Crippen LogP) is 2.69. The van der Waals surface area contributed by atoms with E-state index < -0.39 is 15.8 Å². The number of thiazole rings is 1. The highest BCUT2D eigenvalue weighted by molar-refractivity contribution is 7.90. The molecule has 4 rings (SSSR count). The Morgan fingerprint density at radius 1 is 1.24 bits per heavy atom. The van der Waals surface area contributed by atoms with Crippen LogP contribution in [0.4, 0.5) is 5.13 Å². The molecule has 0 aliphatic carbocycles. The lowest BCUT2D eigenvalue weighted by atomic mass is 10.1. The molecule has 0 spiro atoms.